The average molecular weight is 354 g/mol. The summed E-state index contributed by atoms with van der Waals surface area (Å²) in [5.74, 6) is -0.992. The zero-order valence-corrected chi connectivity index (χ0v) is 14.9. The number of hydrogen-bond donors (Lipinski definition) is 4. The fourth-order valence-corrected chi connectivity index (χ4v) is 2.47. The first kappa shape index (κ1) is 19.0. The fraction of sp³-hybridized carbons (Fsp3) is 0.211. The van der Waals surface area contributed by atoms with Crippen molar-refractivity contribution in [1.29, 1.82) is 5.41 Å². The number of hydrogen-bond acceptors (Lipinski definition) is 6. The lowest BCUT2D eigenvalue weighted by Gasteiger charge is -2.28. The lowest BCUT2D eigenvalue weighted by Crippen LogP contribution is -2.33. The highest BCUT2D eigenvalue weighted by Gasteiger charge is 2.20. The summed E-state index contributed by atoms with van der Waals surface area (Å²) in [6.45, 7) is 3.48. The minimum atomic E-state index is -0.992. The Hall–Kier alpha value is -3.35. The van der Waals surface area contributed by atoms with Crippen molar-refractivity contribution in [1.82, 2.24) is 0 Å². The molecule has 0 bridgehead atoms. The van der Waals surface area contributed by atoms with Crippen molar-refractivity contribution in [2.75, 3.05) is 23.0 Å². The van der Waals surface area contributed by atoms with Gasteiger partial charge in [-0.2, -0.15) is 0 Å². The molecule has 2 rings (SSSR count). The standard InChI is InChI=1S/C19H22N4O3/c1-19(2,11-24)22-16-8-13(10-20)15(21)9-17(16)23(3)14-6-4-12(5-7-14)18(25)26/h4-11,20,22H,21H2,1-3H3,(H,25,26). The van der Waals surface area contributed by atoms with Crippen LogP contribution in [-0.2, 0) is 4.79 Å². The topological polar surface area (TPSA) is 120 Å². The zero-order chi connectivity index (χ0) is 19.5. The van der Waals surface area contributed by atoms with Crippen molar-refractivity contribution in [3.05, 3.63) is 47.5 Å². The minimum Gasteiger partial charge on any atom is -0.478 e. The Morgan fingerprint density at radius 2 is 1.88 bits per heavy atom. The smallest absolute Gasteiger partial charge is 0.335 e. The molecule has 136 valence electrons. The molecule has 2 aromatic rings. The van der Waals surface area contributed by atoms with Gasteiger partial charge in [0.25, 0.3) is 0 Å². The zero-order valence-electron chi connectivity index (χ0n) is 14.9. The Morgan fingerprint density at radius 1 is 1.27 bits per heavy atom. The van der Waals surface area contributed by atoms with Crippen molar-refractivity contribution in [2.45, 2.75) is 19.4 Å². The Bertz CT molecular complexity index is 845. The molecule has 0 aromatic heterocycles. The predicted molar refractivity (Wildman–Crippen MR) is 104 cm³/mol. The van der Waals surface area contributed by atoms with Gasteiger partial charge in [0.1, 0.15) is 6.29 Å². The SMILES string of the molecule is CN(c1ccc(C(=O)O)cc1)c1cc(N)c(C=N)cc1NC(C)(C)C=O. The molecule has 2 aromatic carbocycles. The number of nitrogens with two attached hydrogens (primary N) is 1. The van der Waals surface area contributed by atoms with Crippen LogP contribution in [-0.4, -0.2) is 36.2 Å². The van der Waals surface area contributed by atoms with Crippen LogP contribution in [0.4, 0.5) is 22.7 Å². The number of carboxylic acids is 1. The number of nitrogens with one attached hydrogen (secondary N) is 2. The molecule has 0 atom stereocenters. The van der Waals surface area contributed by atoms with Crippen molar-refractivity contribution < 1.29 is 14.7 Å². The lowest BCUT2D eigenvalue weighted by atomic mass is 10.0. The molecule has 26 heavy (non-hydrogen) atoms. The van der Waals surface area contributed by atoms with Crippen LogP contribution < -0.4 is 16.0 Å². The van der Waals surface area contributed by atoms with Crippen molar-refractivity contribution in [3.63, 3.8) is 0 Å². The van der Waals surface area contributed by atoms with Crippen LogP contribution in [0.2, 0.25) is 0 Å². The van der Waals surface area contributed by atoms with Crippen LogP contribution >= 0.6 is 0 Å². The van der Waals surface area contributed by atoms with Gasteiger partial charge < -0.3 is 31.3 Å². The number of benzene rings is 2. The van der Waals surface area contributed by atoms with Crippen LogP contribution in [0.1, 0.15) is 29.8 Å². The van der Waals surface area contributed by atoms with E-state index in [1.54, 1.807) is 38.1 Å². The molecule has 5 N–H and O–H groups in total. The maximum atomic E-state index is 11.3. The summed E-state index contributed by atoms with van der Waals surface area (Å²) < 4.78 is 0. The Labute approximate surface area is 151 Å². The molecule has 0 spiro atoms. The third-order valence-corrected chi connectivity index (χ3v) is 3.97. The summed E-state index contributed by atoms with van der Waals surface area (Å²) in [4.78, 5) is 24.2. The summed E-state index contributed by atoms with van der Waals surface area (Å²) in [5.41, 5.74) is 8.47. The van der Waals surface area contributed by atoms with E-state index < -0.39 is 11.5 Å². The maximum absolute atomic E-state index is 11.3. The molecule has 0 unspecified atom stereocenters. The van der Waals surface area contributed by atoms with Crippen molar-refractivity contribution in [3.8, 4) is 0 Å². The molecular weight excluding hydrogens is 332 g/mol. The summed E-state index contributed by atoms with van der Waals surface area (Å²) in [6.07, 6.45) is 1.96. The van der Waals surface area contributed by atoms with Crippen LogP contribution in [0.15, 0.2) is 36.4 Å². The third-order valence-electron chi connectivity index (χ3n) is 3.97. The van der Waals surface area contributed by atoms with E-state index in [2.05, 4.69) is 5.32 Å². The van der Waals surface area contributed by atoms with Crippen LogP contribution in [0.5, 0.6) is 0 Å². The second-order valence-electron chi connectivity index (χ2n) is 6.52. The van der Waals surface area contributed by atoms with E-state index in [4.69, 9.17) is 16.2 Å². The normalized spacial score (nSPS) is 10.9. The number of rotatable bonds is 7. The number of carboxylic acid groups (broad SMARTS) is 1. The summed E-state index contributed by atoms with van der Waals surface area (Å²) >= 11 is 0. The molecule has 0 fully saturated rings. The molecular formula is C19H22N4O3. The maximum Gasteiger partial charge on any atom is 0.335 e. The molecule has 7 nitrogen and oxygen atoms in total. The number of aromatic carboxylic acids is 1. The largest absolute Gasteiger partial charge is 0.478 e. The van der Waals surface area contributed by atoms with E-state index in [0.717, 1.165) is 18.2 Å². The van der Waals surface area contributed by atoms with Gasteiger partial charge in [0, 0.05) is 30.2 Å². The van der Waals surface area contributed by atoms with Crippen LogP contribution in [0, 0.1) is 5.41 Å². The second kappa shape index (κ2) is 7.26. The first-order valence-electron chi connectivity index (χ1n) is 7.94. The molecule has 0 amide bonds. The van der Waals surface area contributed by atoms with Gasteiger partial charge >= 0.3 is 5.97 Å². The van der Waals surface area contributed by atoms with Gasteiger partial charge in [0.15, 0.2) is 0 Å². The van der Waals surface area contributed by atoms with E-state index >= 15 is 0 Å². The van der Waals surface area contributed by atoms with Gasteiger partial charge in [-0.05, 0) is 50.2 Å². The fourth-order valence-electron chi connectivity index (χ4n) is 2.47. The number of carbonyl (C=O) groups excluding carboxylic acids is 1. The van der Waals surface area contributed by atoms with E-state index in [1.807, 2.05) is 11.9 Å². The minimum absolute atomic E-state index is 0.196. The number of nitrogen functional groups attached to an aromatic ring is 1. The average Bonchev–Trinajstić information content (AvgIpc) is 2.62. The monoisotopic (exact) mass is 354 g/mol. The quantitative estimate of drug-likeness (QED) is 0.344. The first-order valence-corrected chi connectivity index (χ1v) is 7.94. The van der Waals surface area contributed by atoms with Gasteiger partial charge in [0.2, 0.25) is 0 Å². The molecule has 0 aliphatic rings. The highest BCUT2D eigenvalue weighted by molar-refractivity contribution is 5.93. The lowest BCUT2D eigenvalue weighted by molar-refractivity contribution is -0.110. The van der Waals surface area contributed by atoms with Gasteiger partial charge in [-0.25, -0.2) is 4.79 Å². The van der Waals surface area contributed by atoms with Gasteiger partial charge in [-0.3, -0.25) is 0 Å². The highest BCUT2D eigenvalue weighted by atomic mass is 16.4. The van der Waals surface area contributed by atoms with E-state index in [1.165, 1.54) is 12.1 Å². The molecule has 0 radical (unpaired) electrons. The first-order chi connectivity index (χ1) is 12.2. The highest BCUT2D eigenvalue weighted by Crippen LogP contribution is 2.35. The van der Waals surface area contributed by atoms with E-state index in [0.29, 0.717) is 22.6 Å². The summed E-state index contributed by atoms with van der Waals surface area (Å²) in [7, 11) is 1.81. The van der Waals surface area contributed by atoms with Gasteiger partial charge in [-0.15, -0.1) is 0 Å². The number of aldehydes is 1. The number of carbonyl (C=O) groups is 2. The molecule has 0 aliphatic heterocycles. The Morgan fingerprint density at radius 3 is 2.38 bits per heavy atom. The van der Waals surface area contributed by atoms with Gasteiger partial charge in [0.05, 0.1) is 22.5 Å². The predicted octanol–water partition coefficient (Wildman–Crippen LogP) is 3.12. The molecule has 0 saturated carbocycles. The number of nitrogens with zero attached hydrogens (tertiary/aromatic N) is 1. The molecule has 0 aliphatic carbocycles. The van der Waals surface area contributed by atoms with Crippen molar-refractivity contribution >= 4 is 41.2 Å². The Kier molecular flexibility index (Phi) is 5.30. The van der Waals surface area contributed by atoms with Crippen LogP contribution in [0.25, 0.3) is 0 Å². The Balaban J connectivity index is 2.51. The molecule has 0 saturated heterocycles. The van der Waals surface area contributed by atoms with Crippen molar-refractivity contribution in [2.24, 2.45) is 0 Å². The summed E-state index contributed by atoms with van der Waals surface area (Å²) in [5, 5.41) is 19.7. The van der Waals surface area contributed by atoms with Crippen LogP contribution in [0.3, 0.4) is 0 Å². The van der Waals surface area contributed by atoms with E-state index in [-0.39, 0.29) is 5.56 Å². The summed E-state index contributed by atoms with van der Waals surface area (Å²) in [6, 6.07) is 9.86. The number of anilines is 4. The van der Waals surface area contributed by atoms with E-state index in [9.17, 15) is 9.59 Å². The third kappa shape index (κ3) is 4.00. The molecule has 7 heteroatoms. The molecule has 0 heterocycles. The van der Waals surface area contributed by atoms with Gasteiger partial charge in [-0.1, -0.05) is 0 Å². The second-order valence-corrected chi connectivity index (χ2v) is 6.52.